The van der Waals surface area contributed by atoms with E-state index in [4.69, 9.17) is 11.6 Å². The lowest BCUT2D eigenvalue weighted by molar-refractivity contribution is 0.0991. The SMILES string of the molecule is Cc1cc(C(=O)C(C)Cl)c(C)n1CCS(C)(=O)=O. The second-order valence-corrected chi connectivity index (χ2v) is 7.46. The fraction of sp³-hybridized carbons (Fsp3) is 0.583. The molecule has 0 fully saturated rings. The molecule has 1 unspecified atom stereocenters. The lowest BCUT2D eigenvalue weighted by Crippen LogP contribution is -2.15. The summed E-state index contributed by atoms with van der Waals surface area (Å²) in [4.78, 5) is 11.9. The first-order chi connectivity index (χ1) is 8.13. The maximum atomic E-state index is 11.9. The summed E-state index contributed by atoms with van der Waals surface area (Å²) in [6, 6.07) is 1.76. The second-order valence-electron chi connectivity index (χ2n) is 4.55. The summed E-state index contributed by atoms with van der Waals surface area (Å²) in [5.74, 6) is -0.0664. The van der Waals surface area contributed by atoms with Crippen LogP contribution in [0.3, 0.4) is 0 Å². The van der Waals surface area contributed by atoms with Crippen molar-refractivity contribution >= 4 is 27.2 Å². The molecule has 6 heteroatoms. The molecule has 0 saturated carbocycles. The van der Waals surface area contributed by atoms with Gasteiger partial charge in [-0.2, -0.15) is 0 Å². The Morgan fingerprint density at radius 2 is 2.00 bits per heavy atom. The summed E-state index contributed by atoms with van der Waals surface area (Å²) in [5, 5.41) is -0.575. The molecule has 102 valence electrons. The predicted octanol–water partition coefficient (Wildman–Crippen LogP) is 1.96. The van der Waals surface area contributed by atoms with Crippen LogP contribution >= 0.6 is 11.6 Å². The van der Waals surface area contributed by atoms with Crippen LogP contribution in [0.4, 0.5) is 0 Å². The van der Waals surface area contributed by atoms with Crippen LogP contribution in [0.1, 0.15) is 28.7 Å². The van der Waals surface area contributed by atoms with Crippen molar-refractivity contribution in [1.29, 1.82) is 0 Å². The molecule has 1 atom stereocenters. The number of carbonyl (C=O) groups excluding carboxylic acids is 1. The highest BCUT2D eigenvalue weighted by atomic mass is 35.5. The van der Waals surface area contributed by atoms with Gasteiger partial charge in [-0.05, 0) is 26.8 Å². The van der Waals surface area contributed by atoms with Crippen LogP contribution in [-0.2, 0) is 16.4 Å². The van der Waals surface area contributed by atoms with E-state index in [9.17, 15) is 13.2 Å². The number of alkyl halides is 1. The molecule has 1 heterocycles. The van der Waals surface area contributed by atoms with E-state index >= 15 is 0 Å². The Balaban J connectivity index is 3.05. The third-order valence-corrected chi connectivity index (χ3v) is 4.01. The van der Waals surface area contributed by atoms with E-state index in [0.717, 1.165) is 11.4 Å². The number of carbonyl (C=O) groups is 1. The lowest BCUT2D eigenvalue weighted by atomic mass is 10.1. The van der Waals surface area contributed by atoms with Gasteiger partial charge in [0.2, 0.25) is 0 Å². The Labute approximate surface area is 113 Å². The van der Waals surface area contributed by atoms with E-state index in [0.29, 0.717) is 12.1 Å². The Morgan fingerprint density at radius 3 is 2.44 bits per heavy atom. The van der Waals surface area contributed by atoms with Gasteiger partial charge in [-0.3, -0.25) is 4.79 Å². The van der Waals surface area contributed by atoms with Crippen molar-refractivity contribution in [3.8, 4) is 0 Å². The number of hydrogen-bond donors (Lipinski definition) is 0. The van der Waals surface area contributed by atoms with Crippen molar-refractivity contribution in [3.05, 3.63) is 23.0 Å². The zero-order chi connectivity index (χ0) is 14.1. The first-order valence-corrected chi connectivity index (χ1v) is 8.16. The molecule has 0 amide bonds. The molecule has 1 aromatic heterocycles. The summed E-state index contributed by atoms with van der Waals surface area (Å²) in [6.07, 6.45) is 1.20. The van der Waals surface area contributed by atoms with Gasteiger partial charge in [0.05, 0.1) is 11.1 Å². The summed E-state index contributed by atoms with van der Waals surface area (Å²) in [6.45, 7) is 5.65. The number of nitrogens with zero attached hydrogens (tertiary/aromatic N) is 1. The number of aryl methyl sites for hydroxylation is 1. The highest BCUT2D eigenvalue weighted by molar-refractivity contribution is 7.90. The standard InChI is InChI=1S/C12H18ClNO3S/c1-8-7-11(12(15)9(2)13)10(3)14(8)5-6-18(4,16)17/h7,9H,5-6H2,1-4H3. The van der Waals surface area contributed by atoms with Gasteiger partial charge < -0.3 is 4.57 Å². The van der Waals surface area contributed by atoms with Gasteiger partial charge in [0.15, 0.2) is 5.78 Å². The van der Waals surface area contributed by atoms with E-state index in [1.54, 1.807) is 13.0 Å². The smallest absolute Gasteiger partial charge is 0.182 e. The molecular formula is C12H18ClNO3S. The van der Waals surface area contributed by atoms with Gasteiger partial charge in [0.25, 0.3) is 0 Å². The molecule has 0 saturated heterocycles. The van der Waals surface area contributed by atoms with E-state index in [2.05, 4.69) is 0 Å². The third-order valence-electron chi connectivity index (χ3n) is 2.89. The van der Waals surface area contributed by atoms with Gasteiger partial charge in [0.1, 0.15) is 9.84 Å². The average Bonchev–Trinajstić information content (AvgIpc) is 2.49. The molecule has 0 N–H and O–H groups in total. The molecule has 0 bridgehead atoms. The van der Waals surface area contributed by atoms with Gasteiger partial charge >= 0.3 is 0 Å². The van der Waals surface area contributed by atoms with Crippen LogP contribution in [-0.4, -0.2) is 36.2 Å². The largest absolute Gasteiger partial charge is 0.347 e. The summed E-state index contributed by atoms with van der Waals surface area (Å²) < 4.78 is 24.2. The molecule has 1 rings (SSSR count). The van der Waals surface area contributed by atoms with Crippen molar-refractivity contribution in [2.45, 2.75) is 32.7 Å². The minimum Gasteiger partial charge on any atom is -0.347 e. The zero-order valence-corrected chi connectivity index (χ0v) is 12.6. The number of rotatable bonds is 5. The van der Waals surface area contributed by atoms with Crippen LogP contribution in [0.5, 0.6) is 0 Å². The van der Waals surface area contributed by atoms with Gasteiger partial charge in [-0.1, -0.05) is 0 Å². The zero-order valence-electron chi connectivity index (χ0n) is 11.0. The Kier molecular flexibility index (Phi) is 4.61. The minimum absolute atomic E-state index is 0.0629. The van der Waals surface area contributed by atoms with E-state index < -0.39 is 15.2 Å². The quantitative estimate of drug-likeness (QED) is 0.615. The maximum absolute atomic E-state index is 11.9. The van der Waals surface area contributed by atoms with Crippen molar-refractivity contribution in [2.75, 3.05) is 12.0 Å². The second kappa shape index (κ2) is 5.45. The van der Waals surface area contributed by atoms with Crippen LogP contribution in [0.15, 0.2) is 6.07 Å². The third kappa shape index (κ3) is 3.59. The van der Waals surface area contributed by atoms with Gasteiger partial charge in [-0.25, -0.2) is 8.42 Å². The summed E-state index contributed by atoms with van der Waals surface area (Å²) in [5.41, 5.74) is 2.22. The number of halogens is 1. The molecule has 4 nitrogen and oxygen atoms in total. The highest BCUT2D eigenvalue weighted by Crippen LogP contribution is 2.18. The first kappa shape index (κ1) is 15.2. The highest BCUT2D eigenvalue weighted by Gasteiger charge is 2.19. The number of sulfone groups is 1. The topological polar surface area (TPSA) is 56.1 Å². The average molecular weight is 292 g/mol. The first-order valence-electron chi connectivity index (χ1n) is 5.66. The minimum atomic E-state index is -3.01. The van der Waals surface area contributed by atoms with Crippen LogP contribution < -0.4 is 0 Å². The molecular weight excluding hydrogens is 274 g/mol. The molecule has 0 aliphatic carbocycles. The van der Waals surface area contributed by atoms with Crippen LogP contribution in [0.2, 0.25) is 0 Å². The molecule has 0 aliphatic rings. The monoisotopic (exact) mass is 291 g/mol. The number of ketones is 1. The lowest BCUT2D eigenvalue weighted by Gasteiger charge is -2.09. The maximum Gasteiger partial charge on any atom is 0.182 e. The molecule has 18 heavy (non-hydrogen) atoms. The molecule has 0 aromatic carbocycles. The van der Waals surface area contributed by atoms with E-state index in [1.165, 1.54) is 6.26 Å². The van der Waals surface area contributed by atoms with E-state index in [-0.39, 0.29) is 11.5 Å². The molecule has 0 radical (unpaired) electrons. The van der Waals surface area contributed by atoms with Crippen LogP contribution in [0.25, 0.3) is 0 Å². The normalized spacial score (nSPS) is 13.6. The predicted molar refractivity (Wildman–Crippen MR) is 73.3 cm³/mol. The molecule has 1 aromatic rings. The fourth-order valence-electron chi connectivity index (χ4n) is 1.87. The Bertz CT molecular complexity index is 558. The van der Waals surface area contributed by atoms with E-state index in [1.807, 2.05) is 18.4 Å². The van der Waals surface area contributed by atoms with Gasteiger partial charge in [0, 0.05) is 29.8 Å². The Morgan fingerprint density at radius 1 is 1.44 bits per heavy atom. The fourth-order valence-corrected chi connectivity index (χ4v) is 2.50. The van der Waals surface area contributed by atoms with Gasteiger partial charge in [-0.15, -0.1) is 11.6 Å². The van der Waals surface area contributed by atoms with Crippen molar-refractivity contribution in [1.82, 2.24) is 4.57 Å². The molecule has 0 aliphatic heterocycles. The number of Topliss-reactive ketones (excluding diaryl/α,β-unsaturated/α-hetero) is 1. The number of hydrogen-bond acceptors (Lipinski definition) is 3. The van der Waals surface area contributed by atoms with Crippen molar-refractivity contribution in [3.63, 3.8) is 0 Å². The van der Waals surface area contributed by atoms with Crippen molar-refractivity contribution in [2.24, 2.45) is 0 Å². The van der Waals surface area contributed by atoms with Crippen molar-refractivity contribution < 1.29 is 13.2 Å². The molecule has 0 spiro atoms. The summed E-state index contributed by atoms with van der Waals surface area (Å²) in [7, 11) is -3.01. The summed E-state index contributed by atoms with van der Waals surface area (Å²) >= 11 is 5.79. The Hall–Kier alpha value is -0.810. The number of aromatic nitrogens is 1. The van der Waals surface area contributed by atoms with Crippen LogP contribution in [0, 0.1) is 13.8 Å².